The Morgan fingerprint density at radius 1 is 0.882 bits per heavy atom. The second kappa shape index (κ2) is 14.5. The third-order valence-corrected chi connectivity index (χ3v) is 8.74. The number of nitrogens with zero attached hydrogens (tertiary/aromatic N) is 1. The minimum atomic E-state index is -3.79. The first-order valence-electron chi connectivity index (χ1n) is 12.3. The van der Waals surface area contributed by atoms with Gasteiger partial charge >= 0.3 is 5.97 Å². The number of carbonyl (C=O) groups is 1. The first kappa shape index (κ1) is 28.4. The molecule has 0 saturated carbocycles. The molecule has 2 aromatic carbocycles. The normalized spacial score (nSPS) is 11.8. The van der Waals surface area contributed by atoms with Crippen LogP contribution in [0.4, 0.5) is 0 Å². The van der Waals surface area contributed by atoms with Crippen LogP contribution in [0.3, 0.4) is 0 Å². The van der Waals surface area contributed by atoms with Gasteiger partial charge in [0.2, 0.25) is 10.0 Å². The molecule has 0 amide bonds. The van der Waals surface area contributed by atoms with Crippen molar-refractivity contribution in [3.8, 4) is 0 Å². The standard InChI is InChI=1S/C27H39NO4S2/c1-4-6-8-10-16-28(17-11-9-7-5-2)34(31,32)26-19-24(27(29)30)18-25(20-26)33-21-23-14-12-22(3)13-15-23/h12-15,18-20H,4-11,16-17,21H2,1-3H3,(H,29,30). The molecule has 0 aliphatic rings. The number of carboxylic acids is 1. The van der Waals surface area contributed by atoms with Crippen LogP contribution in [0.15, 0.2) is 52.3 Å². The molecule has 1 N–H and O–H groups in total. The summed E-state index contributed by atoms with van der Waals surface area (Å²) in [5.74, 6) is -0.479. The van der Waals surface area contributed by atoms with Gasteiger partial charge in [-0.05, 0) is 43.5 Å². The summed E-state index contributed by atoms with van der Waals surface area (Å²) < 4.78 is 28.8. The fourth-order valence-electron chi connectivity index (χ4n) is 3.71. The third-order valence-electron chi connectivity index (χ3n) is 5.81. The zero-order valence-corrected chi connectivity index (χ0v) is 22.4. The molecule has 2 rings (SSSR count). The van der Waals surface area contributed by atoms with E-state index >= 15 is 0 Å². The lowest BCUT2D eigenvalue weighted by Crippen LogP contribution is -2.33. The van der Waals surface area contributed by atoms with Gasteiger partial charge < -0.3 is 5.11 Å². The molecule has 0 bridgehead atoms. The first-order valence-corrected chi connectivity index (χ1v) is 14.8. The van der Waals surface area contributed by atoms with E-state index in [0.717, 1.165) is 56.9 Å². The number of carboxylic acid groups (broad SMARTS) is 1. The molecule has 0 fully saturated rings. The van der Waals surface area contributed by atoms with E-state index in [0.29, 0.717) is 23.7 Å². The molecule has 188 valence electrons. The van der Waals surface area contributed by atoms with Crippen molar-refractivity contribution < 1.29 is 18.3 Å². The molecule has 5 nitrogen and oxygen atoms in total. The second-order valence-electron chi connectivity index (χ2n) is 8.80. The van der Waals surface area contributed by atoms with Gasteiger partial charge in [-0.1, -0.05) is 82.2 Å². The Morgan fingerprint density at radius 2 is 1.47 bits per heavy atom. The number of hydrogen-bond donors (Lipinski definition) is 1. The van der Waals surface area contributed by atoms with Crippen LogP contribution in [0.5, 0.6) is 0 Å². The summed E-state index contributed by atoms with van der Waals surface area (Å²) in [6.07, 6.45) is 7.95. The first-order chi connectivity index (χ1) is 16.3. The summed E-state index contributed by atoms with van der Waals surface area (Å²) >= 11 is 1.46. The van der Waals surface area contributed by atoms with E-state index in [1.54, 1.807) is 16.4 Å². The number of hydrogen-bond acceptors (Lipinski definition) is 4. The minimum absolute atomic E-state index is 0.00407. The molecular formula is C27H39NO4S2. The SMILES string of the molecule is CCCCCCN(CCCCCC)S(=O)(=O)c1cc(SCc2ccc(C)cc2)cc(C(=O)O)c1. The maximum atomic E-state index is 13.6. The lowest BCUT2D eigenvalue weighted by atomic mass is 10.2. The largest absolute Gasteiger partial charge is 0.478 e. The predicted octanol–water partition coefficient (Wildman–Crippen LogP) is 7.14. The van der Waals surface area contributed by atoms with Crippen LogP contribution >= 0.6 is 11.8 Å². The van der Waals surface area contributed by atoms with Crippen molar-refractivity contribution in [3.63, 3.8) is 0 Å². The van der Waals surface area contributed by atoms with Crippen LogP contribution in [-0.4, -0.2) is 36.9 Å². The fraction of sp³-hybridized carbons (Fsp3) is 0.519. The Labute approximate surface area is 210 Å². The number of aryl methyl sites for hydroxylation is 1. The van der Waals surface area contributed by atoms with Crippen molar-refractivity contribution >= 4 is 27.8 Å². The van der Waals surface area contributed by atoms with E-state index in [-0.39, 0.29) is 10.5 Å². The predicted molar refractivity (Wildman–Crippen MR) is 141 cm³/mol. The summed E-state index contributed by atoms with van der Waals surface area (Å²) in [5.41, 5.74) is 2.28. The van der Waals surface area contributed by atoms with Gasteiger partial charge in [-0.3, -0.25) is 0 Å². The number of aromatic carboxylic acids is 1. The van der Waals surface area contributed by atoms with Gasteiger partial charge in [0.25, 0.3) is 0 Å². The fourth-order valence-corrected chi connectivity index (χ4v) is 6.32. The van der Waals surface area contributed by atoms with Crippen molar-refractivity contribution in [2.24, 2.45) is 0 Å². The summed E-state index contributed by atoms with van der Waals surface area (Å²) in [6.45, 7) is 7.23. The van der Waals surface area contributed by atoms with E-state index in [1.807, 2.05) is 31.2 Å². The van der Waals surface area contributed by atoms with Crippen molar-refractivity contribution in [2.75, 3.05) is 13.1 Å². The van der Waals surface area contributed by atoms with E-state index in [2.05, 4.69) is 13.8 Å². The Bertz CT molecular complexity index is 992. The van der Waals surface area contributed by atoms with E-state index in [1.165, 1.54) is 23.4 Å². The molecule has 34 heavy (non-hydrogen) atoms. The number of sulfonamides is 1. The molecule has 0 heterocycles. The molecule has 0 aliphatic carbocycles. The van der Waals surface area contributed by atoms with Crippen LogP contribution in [0.25, 0.3) is 0 Å². The summed E-state index contributed by atoms with van der Waals surface area (Å²) in [7, 11) is -3.79. The van der Waals surface area contributed by atoms with Gasteiger partial charge in [0.05, 0.1) is 10.5 Å². The van der Waals surface area contributed by atoms with Crippen LogP contribution in [0.2, 0.25) is 0 Å². The van der Waals surface area contributed by atoms with Gasteiger partial charge in [-0.25, -0.2) is 13.2 Å². The Balaban J connectivity index is 2.28. The number of benzene rings is 2. The zero-order valence-electron chi connectivity index (χ0n) is 20.8. The van der Waals surface area contributed by atoms with Gasteiger partial charge in [-0.2, -0.15) is 4.31 Å². The van der Waals surface area contributed by atoms with E-state index in [9.17, 15) is 18.3 Å². The van der Waals surface area contributed by atoms with Crippen molar-refractivity contribution in [1.29, 1.82) is 0 Å². The zero-order chi connectivity index (χ0) is 25.0. The Morgan fingerprint density at radius 3 is 2.00 bits per heavy atom. The lowest BCUT2D eigenvalue weighted by molar-refractivity contribution is 0.0696. The molecular weight excluding hydrogens is 466 g/mol. The average Bonchev–Trinajstić information content (AvgIpc) is 2.82. The van der Waals surface area contributed by atoms with Crippen molar-refractivity contribution in [2.45, 2.75) is 87.7 Å². The highest BCUT2D eigenvalue weighted by Gasteiger charge is 2.25. The molecule has 0 spiro atoms. The van der Waals surface area contributed by atoms with Gasteiger partial charge in [0.1, 0.15) is 0 Å². The Kier molecular flexibility index (Phi) is 12.2. The molecule has 0 aromatic heterocycles. The summed E-state index contributed by atoms with van der Waals surface area (Å²) in [4.78, 5) is 12.5. The third kappa shape index (κ3) is 9.08. The second-order valence-corrected chi connectivity index (χ2v) is 11.8. The summed E-state index contributed by atoms with van der Waals surface area (Å²) in [5, 5.41) is 9.64. The maximum absolute atomic E-state index is 13.6. The molecule has 7 heteroatoms. The van der Waals surface area contributed by atoms with Crippen LogP contribution < -0.4 is 0 Å². The lowest BCUT2D eigenvalue weighted by Gasteiger charge is -2.23. The van der Waals surface area contributed by atoms with Crippen LogP contribution in [-0.2, 0) is 15.8 Å². The van der Waals surface area contributed by atoms with Gasteiger partial charge in [0.15, 0.2) is 0 Å². The Hall–Kier alpha value is -1.83. The maximum Gasteiger partial charge on any atom is 0.335 e. The number of unbranched alkanes of at least 4 members (excludes halogenated alkanes) is 6. The molecule has 0 saturated heterocycles. The monoisotopic (exact) mass is 505 g/mol. The topological polar surface area (TPSA) is 74.7 Å². The molecule has 0 radical (unpaired) electrons. The molecule has 2 aromatic rings. The quantitative estimate of drug-likeness (QED) is 0.194. The average molecular weight is 506 g/mol. The smallest absolute Gasteiger partial charge is 0.335 e. The minimum Gasteiger partial charge on any atom is -0.478 e. The van der Waals surface area contributed by atoms with Crippen LogP contribution in [0.1, 0.15) is 86.7 Å². The highest BCUT2D eigenvalue weighted by atomic mass is 32.2. The summed E-state index contributed by atoms with van der Waals surface area (Å²) in [6, 6.07) is 12.6. The van der Waals surface area contributed by atoms with Crippen molar-refractivity contribution in [1.82, 2.24) is 4.31 Å². The van der Waals surface area contributed by atoms with Crippen molar-refractivity contribution in [3.05, 3.63) is 59.2 Å². The number of thioether (sulfide) groups is 1. The highest BCUT2D eigenvalue weighted by molar-refractivity contribution is 7.98. The van der Waals surface area contributed by atoms with Gasteiger partial charge in [-0.15, -0.1) is 11.8 Å². The molecule has 0 unspecified atom stereocenters. The van der Waals surface area contributed by atoms with Gasteiger partial charge in [0, 0.05) is 23.7 Å². The van der Waals surface area contributed by atoms with E-state index in [4.69, 9.17) is 0 Å². The molecule has 0 aliphatic heterocycles. The van der Waals surface area contributed by atoms with Crippen LogP contribution in [0, 0.1) is 6.92 Å². The highest BCUT2D eigenvalue weighted by Crippen LogP contribution is 2.29. The van der Waals surface area contributed by atoms with E-state index < -0.39 is 16.0 Å². The number of rotatable bonds is 16. The molecule has 0 atom stereocenters.